The summed E-state index contributed by atoms with van der Waals surface area (Å²) in [5.74, 6) is -0.620. The number of rotatable bonds is 10. The lowest BCUT2D eigenvalue weighted by Gasteiger charge is -2.17. The number of sulfonamides is 1. The predicted octanol–water partition coefficient (Wildman–Crippen LogP) is 2.60. The van der Waals surface area contributed by atoms with Gasteiger partial charge in [0.2, 0.25) is 15.9 Å². The number of benzene rings is 2. The molecule has 0 saturated heterocycles. The minimum absolute atomic E-state index is 0.0311. The lowest BCUT2D eigenvalue weighted by atomic mass is 10.1. The molecule has 1 amide bonds. The monoisotopic (exact) mass is 421 g/mol. The minimum Gasteiger partial charge on any atom is -0.352 e. The molecule has 0 atom stereocenters. The van der Waals surface area contributed by atoms with Crippen LogP contribution in [-0.2, 0) is 27.9 Å². The molecule has 0 aliphatic carbocycles. The second-order valence-corrected chi connectivity index (χ2v) is 9.26. The highest BCUT2D eigenvalue weighted by Crippen LogP contribution is 2.15. The molecule has 2 aromatic carbocycles. The summed E-state index contributed by atoms with van der Waals surface area (Å²) in [4.78, 5) is 14.2. The molecule has 0 saturated carbocycles. The van der Waals surface area contributed by atoms with E-state index in [0.717, 1.165) is 24.2 Å². The second kappa shape index (κ2) is 10.5. The van der Waals surface area contributed by atoms with Gasteiger partial charge in [-0.05, 0) is 55.9 Å². The molecule has 0 heterocycles. The summed E-state index contributed by atoms with van der Waals surface area (Å²) in [6.07, 6.45) is 0.618. The van der Waals surface area contributed by atoms with Gasteiger partial charge in [-0.2, -0.15) is 0 Å². The van der Waals surface area contributed by atoms with Gasteiger partial charge in [0.1, 0.15) is 5.82 Å². The number of hydrogen-bond acceptors (Lipinski definition) is 4. The van der Waals surface area contributed by atoms with Gasteiger partial charge >= 0.3 is 0 Å². The Bertz CT molecular complexity index is 898. The summed E-state index contributed by atoms with van der Waals surface area (Å²) in [5, 5.41) is 2.85. The molecule has 0 unspecified atom stereocenters. The molecule has 0 spiro atoms. The van der Waals surface area contributed by atoms with E-state index in [1.54, 1.807) is 0 Å². The largest absolute Gasteiger partial charge is 0.352 e. The highest BCUT2D eigenvalue weighted by Gasteiger charge is 2.20. The van der Waals surface area contributed by atoms with Gasteiger partial charge in [0.05, 0.1) is 4.90 Å². The maximum atomic E-state index is 13.0. The number of carbonyl (C=O) groups excluding carboxylic acids is 1. The van der Waals surface area contributed by atoms with Crippen molar-refractivity contribution in [2.45, 2.75) is 30.8 Å². The molecule has 0 aliphatic rings. The first-order chi connectivity index (χ1) is 13.7. The molecule has 6 nitrogen and oxygen atoms in total. The van der Waals surface area contributed by atoms with Crippen molar-refractivity contribution < 1.29 is 17.6 Å². The minimum atomic E-state index is -3.69. The molecule has 29 heavy (non-hydrogen) atoms. The third-order valence-electron chi connectivity index (χ3n) is 4.41. The molecular formula is C21H28FN3O3S. The molecule has 0 fully saturated rings. The van der Waals surface area contributed by atoms with Crippen LogP contribution in [0.25, 0.3) is 0 Å². The Labute approximate surface area is 172 Å². The fraction of sp³-hybridized carbons (Fsp3) is 0.381. The number of nitrogens with zero attached hydrogens (tertiary/aromatic N) is 2. The average molecular weight is 422 g/mol. The Kier molecular flexibility index (Phi) is 8.31. The summed E-state index contributed by atoms with van der Waals surface area (Å²) < 4.78 is 39.0. The molecular weight excluding hydrogens is 393 g/mol. The predicted molar refractivity (Wildman–Crippen MR) is 111 cm³/mol. The van der Waals surface area contributed by atoms with E-state index in [0.29, 0.717) is 13.0 Å². The highest BCUT2D eigenvalue weighted by molar-refractivity contribution is 7.89. The number of carbonyl (C=O) groups is 1. The van der Waals surface area contributed by atoms with Gasteiger partial charge in [0, 0.05) is 33.1 Å². The first kappa shape index (κ1) is 23.0. The normalized spacial score (nSPS) is 11.8. The van der Waals surface area contributed by atoms with Crippen LogP contribution in [0.2, 0.25) is 0 Å². The maximum Gasteiger partial charge on any atom is 0.242 e. The van der Waals surface area contributed by atoms with E-state index < -0.39 is 15.8 Å². The van der Waals surface area contributed by atoms with Gasteiger partial charge in [-0.15, -0.1) is 0 Å². The van der Waals surface area contributed by atoms with Crippen molar-refractivity contribution in [2.75, 3.05) is 27.7 Å². The third-order valence-corrected chi connectivity index (χ3v) is 6.28. The Morgan fingerprint density at radius 2 is 1.55 bits per heavy atom. The van der Waals surface area contributed by atoms with Crippen molar-refractivity contribution >= 4 is 15.9 Å². The van der Waals surface area contributed by atoms with E-state index in [1.165, 1.54) is 29.0 Å². The Hall–Kier alpha value is -2.29. The maximum absolute atomic E-state index is 13.0. The number of halogens is 1. The quantitative estimate of drug-likeness (QED) is 0.640. The summed E-state index contributed by atoms with van der Waals surface area (Å²) in [6, 6.07) is 12.7. The van der Waals surface area contributed by atoms with E-state index in [1.807, 2.05) is 38.4 Å². The first-order valence-corrected chi connectivity index (χ1v) is 10.8. The number of amides is 1. The summed E-state index contributed by atoms with van der Waals surface area (Å²) >= 11 is 0. The van der Waals surface area contributed by atoms with E-state index >= 15 is 0 Å². The van der Waals surface area contributed by atoms with Crippen molar-refractivity contribution in [1.82, 2.24) is 14.5 Å². The van der Waals surface area contributed by atoms with Gasteiger partial charge in [0.25, 0.3) is 0 Å². The zero-order valence-corrected chi connectivity index (χ0v) is 17.9. The molecule has 0 aromatic heterocycles. The molecule has 0 bridgehead atoms. The van der Waals surface area contributed by atoms with Gasteiger partial charge in [-0.1, -0.05) is 24.3 Å². The van der Waals surface area contributed by atoms with Crippen molar-refractivity contribution in [3.05, 3.63) is 65.5 Å². The second-order valence-electron chi connectivity index (χ2n) is 7.22. The number of hydrogen-bond donors (Lipinski definition) is 1. The first-order valence-electron chi connectivity index (χ1n) is 9.39. The fourth-order valence-electron chi connectivity index (χ4n) is 2.79. The standard InChI is InChI=1S/C21H28FN3O3S/c1-24(2)16-18-8-6-17(7-9-18)15-23-21(26)5-4-14-25(3)29(27,28)20-12-10-19(22)11-13-20/h6-13H,4-5,14-16H2,1-3H3,(H,23,26). The van der Waals surface area contributed by atoms with Gasteiger partial charge in [0.15, 0.2) is 0 Å². The molecule has 2 aromatic rings. The van der Waals surface area contributed by atoms with Crippen molar-refractivity contribution in [2.24, 2.45) is 0 Å². The van der Waals surface area contributed by atoms with Crippen molar-refractivity contribution in [1.29, 1.82) is 0 Å². The molecule has 0 aliphatic heterocycles. The highest BCUT2D eigenvalue weighted by atomic mass is 32.2. The Morgan fingerprint density at radius 3 is 2.14 bits per heavy atom. The van der Waals surface area contributed by atoms with Crippen LogP contribution in [0.15, 0.2) is 53.4 Å². The van der Waals surface area contributed by atoms with Crippen LogP contribution in [-0.4, -0.2) is 51.2 Å². The Balaban J connectivity index is 1.75. The molecule has 2 rings (SSSR count). The van der Waals surface area contributed by atoms with Crippen LogP contribution in [0.3, 0.4) is 0 Å². The SMILES string of the molecule is CN(C)Cc1ccc(CNC(=O)CCCN(C)S(=O)(=O)c2ccc(F)cc2)cc1. The Morgan fingerprint density at radius 1 is 0.966 bits per heavy atom. The van der Waals surface area contributed by atoms with Crippen LogP contribution in [0.5, 0.6) is 0 Å². The smallest absolute Gasteiger partial charge is 0.242 e. The van der Waals surface area contributed by atoms with Gasteiger partial charge in [-0.3, -0.25) is 4.79 Å². The van der Waals surface area contributed by atoms with Crippen molar-refractivity contribution in [3.63, 3.8) is 0 Å². The number of nitrogens with one attached hydrogen (secondary N) is 1. The zero-order valence-electron chi connectivity index (χ0n) is 17.1. The topological polar surface area (TPSA) is 69.7 Å². The molecule has 0 radical (unpaired) electrons. The van der Waals surface area contributed by atoms with Crippen molar-refractivity contribution in [3.8, 4) is 0 Å². The van der Waals surface area contributed by atoms with Crippen LogP contribution in [0.1, 0.15) is 24.0 Å². The summed E-state index contributed by atoms with van der Waals surface area (Å²) in [5.41, 5.74) is 2.22. The van der Waals surface area contributed by atoms with Crippen LogP contribution in [0.4, 0.5) is 4.39 Å². The van der Waals surface area contributed by atoms with Crippen LogP contribution >= 0.6 is 0 Å². The molecule has 8 heteroatoms. The van der Waals surface area contributed by atoms with E-state index in [4.69, 9.17) is 0 Å². The van der Waals surface area contributed by atoms with Crippen LogP contribution in [0, 0.1) is 5.82 Å². The summed E-state index contributed by atoms with van der Waals surface area (Å²) in [6.45, 7) is 1.50. The fourth-order valence-corrected chi connectivity index (χ4v) is 4.00. The molecule has 1 N–H and O–H groups in total. The van der Waals surface area contributed by atoms with E-state index in [-0.39, 0.29) is 23.8 Å². The molecule has 158 valence electrons. The van der Waals surface area contributed by atoms with Crippen LogP contribution < -0.4 is 5.32 Å². The third kappa shape index (κ3) is 7.23. The van der Waals surface area contributed by atoms with E-state index in [2.05, 4.69) is 10.2 Å². The van der Waals surface area contributed by atoms with E-state index in [9.17, 15) is 17.6 Å². The summed E-state index contributed by atoms with van der Waals surface area (Å²) in [7, 11) is 1.78. The lowest BCUT2D eigenvalue weighted by Crippen LogP contribution is -2.29. The zero-order chi connectivity index (χ0) is 21.4. The lowest BCUT2D eigenvalue weighted by molar-refractivity contribution is -0.121. The van der Waals surface area contributed by atoms with Gasteiger partial charge < -0.3 is 10.2 Å². The average Bonchev–Trinajstić information content (AvgIpc) is 2.67. The van der Waals surface area contributed by atoms with Gasteiger partial charge in [-0.25, -0.2) is 17.1 Å².